The lowest BCUT2D eigenvalue weighted by atomic mass is 10.0. The van der Waals surface area contributed by atoms with Gasteiger partial charge in [-0.2, -0.15) is 0 Å². The summed E-state index contributed by atoms with van der Waals surface area (Å²) in [4.78, 5) is 37.8. The molecular formula is C60H114O6. The van der Waals surface area contributed by atoms with Gasteiger partial charge in [0, 0.05) is 19.3 Å². The zero-order valence-electron chi connectivity index (χ0n) is 44.7. The molecule has 0 aromatic rings. The summed E-state index contributed by atoms with van der Waals surface area (Å²) < 4.78 is 16.8. The maximum absolute atomic E-state index is 12.7. The molecule has 0 bridgehead atoms. The van der Waals surface area contributed by atoms with Crippen LogP contribution in [0.5, 0.6) is 0 Å². The van der Waals surface area contributed by atoms with Crippen LogP contribution in [0, 0.1) is 0 Å². The van der Waals surface area contributed by atoms with Crippen LogP contribution < -0.4 is 0 Å². The van der Waals surface area contributed by atoms with Crippen LogP contribution in [0.15, 0.2) is 12.2 Å². The Morgan fingerprint density at radius 3 is 0.788 bits per heavy atom. The van der Waals surface area contributed by atoms with Gasteiger partial charge in [-0.15, -0.1) is 0 Å². The van der Waals surface area contributed by atoms with Gasteiger partial charge in [-0.25, -0.2) is 0 Å². The van der Waals surface area contributed by atoms with Crippen LogP contribution in [0.2, 0.25) is 0 Å². The zero-order valence-corrected chi connectivity index (χ0v) is 44.7. The number of esters is 3. The first-order valence-corrected chi connectivity index (χ1v) is 29.7. The van der Waals surface area contributed by atoms with Crippen LogP contribution in [0.4, 0.5) is 0 Å². The fourth-order valence-corrected chi connectivity index (χ4v) is 9.03. The average Bonchev–Trinajstić information content (AvgIpc) is 3.31. The van der Waals surface area contributed by atoms with Gasteiger partial charge in [-0.1, -0.05) is 283 Å². The summed E-state index contributed by atoms with van der Waals surface area (Å²) in [6.45, 7) is 6.61. The Morgan fingerprint density at radius 1 is 0.288 bits per heavy atom. The summed E-state index contributed by atoms with van der Waals surface area (Å²) in [5, 5.41) is 0. The Balaban J connectivity index is 3.95. The van der Waals surface area contributed by atoms with Gasteiger partial charge in [-0.05, 0) is 44.9 Å². The molecular weight excluding hydrogens is 817 g/mol. The lowest BCUT2D eigenvalue weighted by Gasteiger charge is -2.18. The van der Waals surface area contributed by atoms with E-state index in [2.05, 4.69) is 32.9 Å². The summed E-state index contributed by atoms with van der Waals surface area (Å²) in [6, 6.07) is 0. The molecule has 0 rings (SSSR count). The van der Waals surface area contributed by atoms with Gasteiger partial charge in [0.25, 0.3) is 0 Å². The molecule has 66 heavy (non-hydrogen) atoms. The molecule has 0 fully saturated rings. The molecule has 0 aliphatic carbocycles. The average molecular weight is 932 g/mol. The molecule has 0 aromatic carbocycles. The summed E-state index contributed by atoms with van der Waals surface area (Å²) in [5.74, 6) is -0.867. The van der Waals surface area contributed by atoms with E-state index in [0.717, 1.165) is 64.2 Å². The molecule has 6 heteroatoms. The van der Waals surface area contributed by atoms with Crippen LogP contribution in [-0.4, -0.2) is 37.2 Å². The van der Waals surface area contributed by atoms with E-state index in [1.165, 1.54) is 231 Å². The van der Waals surface area contributed by atoms with Gasteiger partial charge in [0.05, 0.1) is 0 Å². The minimum Gasteiger partial charge on any atom is -0.462 e. The molecule has 6 nitrogen and oxygen atoms in total. The highest BCUT2D eigenvalue weighted by Gasteiger charge is 2.19. The molecule has 0 spiro atoms. The SMILES string of the molecule is CCCCC/C=C\CCCCCCCC(=O)OC(COC(=O)CCCCCCCCC)COC(=O)CCCCCCCCCCCCCCCCCCCCCCCCCCCCCCC. The van der Waals surface area contributed by atoms with E-state index in [-0.39, 0.29) is 31.1 Å². The number of rotatable bonds is 55. The number of unbranched alkanes of at least 4 members (excludes halogenated alkanes) is 42. The monoisotopic (exact) mass is 931 g/mol. The number of hydrogen-bond acceptors (Lipinski definition) is 6. The van der Waals surface area contributed by atoms with Crippen molar-refractivity contribution in [3.05, 3.63) is 12.2 Å². The molecule has 0 aromatic heterocycles. The number of allylic oxidation sites excluding steroid dienone is 2. The highest BCUT2D eigenvalue weighted by molar-refractivity contribution is 5.71. The van der Waals surface area contributed by atoms with Gasteiger partial charge in [0.15, 0.2) is 6.10 Å². The molecule has 1 atom stereocenters. The Bertz CT molecular complexity index is 1020. The fraction of sp³-hybridized carbons (Fsp3) is 0.917. The zero-order chi connectivity index (χ0) is 47.9. The van der Waals surface area contributed by atoms with Crippen LogP contribution in [0.25, 0.3) is 0 Å². The molecule has 390 valence electrons. The number of carbonyl (C=O) groups excluding carboxylic acids is 3. The summed E-state index contributed by atoms with van der Waals surface area (Å²) in [5.41, 5.74) is 0. The molecule has 0 N–H and O–H groups in total. The molecule has 0 amide bonds. The van der Waals surface area contributed by atoms with Crippen molar-refractivity contribution >= 4 is 17.9 Å². The first kappa shape index (κ1) is 64.2. The Kier molecular flexibility index (Phi) is 54.2. The first-order chi connectivity index (χ1) is 32.5. The van der Waals surface area contributed by atoms with Crippen molar-refractivity contribution in [1.82, 2.24) is 0 Å². The van der Waals surface area contributed by atoms with Crippen LogP contribution in [0.3, 0.4) is 0 Å². The third-order valence-electron chi connectivity index (χ3n) is 13.5. The third kappa shape index (κ3) is 53.1. The number of carbonyl (C=O) groups is 3. The van der Waals surface area contributed by atoms with E-state index in [1.807, 2.05) is 0 Å². The van der Waals surface area contributed by atoms with Crippen LogP contribution in [-0.2, 0) is 28.6 Å². The largest absolute Gasteiger partial charge is 0.462 e. The van der Waals surface area contributed by atoms with Crippen molar-refractivity contribution in [2.45, 2.75) is 341 Å². The predicted octanol–water partition coefficient (Wildman–Crippen LogP) is 19.7. The number of hydrogen-bond donors (Lipinski definition) is 0. The van der Waals surface area contributed by atoms with Crippen molar-refractivity contribution in [2.24, 2.45) is 0 Å². The van der Waals surface area contributed by atoms with Gasteiger partial charge in [-0.3, -0.25) is 14.4 Å². The standard InChI is InChI=1S/C60H114O6/c1-4-7-10-13-16-18-20-22-23-24-25-26-27-28-29-30-31-32-33-34-35-36-37-38-40-41-44-47-50-53-59(62)65-56-57(55-64-58(61)52-49-46-43-15-12-9-6-3)66-60(63)54-51-48-45-42-39-21-19-17-14-11-8-5-2/h17,19,57H,4-16,18,20-56H2,1-3H3/b19-17-. The van der Waals surface area contributed by atoms with Gasteiger partial charge in [0.1, 0.15) is 13.2 Å². The van der Waals surface area contributed by atoms with Crippen molar-refractivity contribution in [1.29, 1.82) is 0 Å². The Morgan fingerprint density at radius 2 is 0.500 bits per heavy atom. The summed E-state index contributed by atoms with van der Waals surface area (Å²) in [7, 11) is 0. The van der Waals surface area contributed by atoms with Crippen LogP contribution >= 0.6 is 0 Å². The molecule has 0 aliphatic heterocycles. The minimum atomic E-state index is -0.767. The maximum Gasteiger partial charge on any atom is 0.306 e. The molecule has 0 saturated carbocycles. The Labute approximate surface area is 411 Å². The normalized spacial score (nSPS) is 12.0. The second-order valence-corrected chi connectivity index (χ2v) is 20.3. The summed E-state index contributed by atoms with van der Waals surface area (Å²) >= 11 is 0. The first-order valence-electron chi connectivity index (χ1n) is 29.7. The topological polar surface area (TPSA) is 78.9 Å². The highest BCUT2D eigenvalue weighted by Crippen LogP contribution is 2.18. The van der Waals surface area contributed by atoms with Crippen molar-refractivity contribution in [3.63, 3.8) is 0 Å². The maximum atomic E-state index is 12.7. The quantitative estimate of drug-likeness (QED) is 0.0262. The fourth-order valence-electron chi connectivity index (χ4n) is 9.03. The second-order valence-electron chi connectivity index (χ2n) is 20.3. The molecule has 0 aliphatic rings. The van der Waals surface area contributed by atoms with E-state index < -0.39 is 6.10 Å². The van der Waals surface area contributed by atoms with Crippen LogP contribution in [0.1, 0.15) is 335 Å². The van der Waals surface area contributed by atoms with E-state index >= 15 is 0 Å². The van der Waals surface area contributed by atoms with E-state index in [0.29, 0.717) is 19.3 Å². The molecule has 1 unspecified atom stereocenters. The highest BCUT2D eigenvalue weighted by atomic mass is 16.6. The van der Waals surface area contributed by atoms with Gasteiger partial charge in [0.2, 0.25) is 0 Å². The molecule has 0 radical (unpaired) electrons. The van der Waals surface area contributed by atoms with E-state index in [1.54, 1.807) is 0 Å². The summed E-state index contributed by atoms with van der Waals surface area (Å²) in [6.07, 6.45) is 64.0. The minimum absolute atomic E-state index is 0.0686. The Hall–Kier alpha value is -1.85. The van der Waals surface area contributed by atoms with E-state index in [9.17, 15) is 14.4 Å². The van der Waals surface area contributed by atoms with E-state index in [4.69, 9.17) is 14.2 Å². The molecule has 0 saturated heterocycles. The molecule has 0 heterocycles. The van der Waals surface area contributed by atoms with Crippen molar-refractivity contribution in [3.8, 4) is 0 Å². The van der Waals surface area contributed by atoms with Gasteiger partial charge < -0.3 is 14.2 Å². The lowest BCUT2D eigenvalue weighted by Crippen LogP contribution is -2.30. The van der Waals surface area contributed by atoms with Gasteiger partial charge >= 0.3 is 17.9 Å². The van der Waals surface area contributed by atoms with Crippen molar-refractivity contribution < 1.29 is 28.6 Å². The predicted molar refractivity (Wildman–Crippen MR) is 284 cm³/mol. The number of ether oxygens (including phenoxy) is 3. The lowest BCUT2D eigenvalue weighted by molar-refractivity contribution is -0.167. The smallest absolute Gasteiger partial charge is 0.306 e. The second kappa shape index (κ2) is 55.7. The third-order valence-corrected chi connectivity index (χ3v) is 13.5. The van der Waals surface area contributed by atoms with Crippen molar-refractivity contribution in [2.75, 3.05) is 13.2 Å².